The lowest BCUT2D eigenvalue weighted by molar-refractivity contribution is 0.286. The predicted octanol–water partition coefficient (Wildman–Crippen LogP) is 2.60. The van der Waals surface area contributed by atoms with E-state index in [1.807, 2.05) is 0 Å². The van der Waals surface area contributed by atoms with Gasteiger partial charge in [-0.1, -0.05) is 0 Å². The molecule has 1 atom stereocenters. The van der Waals surface area contributed by atoms with Gasteiger partial charge in [0.1, 0.15) is 5.75 Å². The molecule has 0 aliphatic carbocycles. The number of hydrogen-bond acceptors (Lipinski definition) is 2. The van der Waals surface area contributed by atoms with E-state index >= 15 is 0 Å². The van der Waals surface area contributed by atoms with Crippen molar-refractivity contribution < 1.29 is 21.2 Å². The predicted molar refractivity (Wildman–Crippen MR) is 71.6 cm³/mol. The third-order valence-corrected chi connectivity index (χ3v) is 2.40. The Morgan fingerprint density at radius 1 is 1.53 bits per heavy atom. The summed E-state index contributed by atoms with van der Waals surface area (Å²) >= 11 is 0. The molecule has 0 saturated carbocycles. The second kappa shape index (κ2) is 4.80. The number of methoxy groups -OCH3 is 1. The van der Waals surface area contributed by atoms with Gasteiger partial charge in [0.15, 0.2) is 0 Å². The van der Waals surface area contributed by atoms with Crippen LogP contribution in [-0.2, 0) is 6.50 Å². The fourth-order valence-corrected chi connectivity index (χ4v) is 1.51. The average molecular weight is 244 g/mol. The van der Waals surface area contributed by atoms with Gasteiger partial charge in [-0.3, -0.25) is 0 Å². The van der Waals surface area contributed by atoms with Crippen LogP contribution in [0.2, 0.25) is 0 Å². The Bertz CT molecular complexity index is 863. The number of aromatic nitrogens is 1. The summed E-state index contributed by atoms with van der Waals surface area (Å²) in [5.74, 6) is 0.0102. The summed E-state index contributed by atoms with van der Waals surface area (Å²) in [6, 6.07) is 2.67. The molecule has 0 bridgehead atoms. The number of hydrogen-bond donors (Lipinski definition) is 0. The summed E-state index contributed by atoms with van der Waals surface area (Å²) in [6.45, 7) is -8.45. The fraction of sp³-hybridized carbons (Fsp3) is 0.429. The summed E-state index contributed by atoms with van der Waals surface area (Å²) in [5, 5.41) is 0.362. The zero-order chi connectivity index (χ0) is 22.6. The van der Waals surface area contributed by atoms with Gasteiger partial charge in [-0.2, -0.15) is 0 Å². The molecule has 92 valence electrons. The molecule has 1 heterocycles. The molecule has 0 saturated heterocycles. The molecule has 1 aromatic heterocycles. The standard InChI is InChI=1S/C14H20N2O/c1-11(15(2)3)10-16-8-7-12-9-13(17-4)5-6-14(12)16/h5-9,11H,10H2,1-4H3/t11-/m1/s1/i2D3,3D3,4D3,10D2,11D. The van der Waals surface area contributed by atoms with Crippen LogP contribution >= 0.6 is 0 Å². The molecule has 3 nitrogen and oxygen atoms in total. The van der Waals surface area contributed by atoms with E-state index in [9.17, 15) is 0 Å². The highest BCUT2D eigenvalue weighted by Crippen LogP contribution is 2.22. The highest BCUT2D eigenvalue weighted by molar-refractivity contribution is 5.81. The normalized spacial score (nSPS) is 28.6. The van der Waals surface area contributed by atoms with Gasteiger partial charge < -0.3 is 14.2 Å². The third-order valence-electron chi connectivity index (χ3n) is 2.40. The van der Waals surface area contributed by atoms with Gasteiger partial charge in [-0.25, -0.2) is 0 Å². The first-order valence-electron chi connectivity index (χ1n) is 10.9. The van der Waals surface area contributed by atoms with Crippen molar-refractivity contribution in [1.29, 1.82) is 0 Å². The van der Waals surface area contributed by atoms with E-state index in [4.69, 9.17) is 21.2 Å². The minimum atomic E-state index is -3.27. The zero-order valence-electron chi connectivity index (χ0n) is 21.2. The maximum Gasteiger partial charge on any atom is 0.119 e. The number of fused-ring (bicyclic) bond motifs is 1. The van der Waals surface area contributed by atoms with E-state index in [1.165, 1.54) is 30.5 Å². The van der Waals surface area contributed by atoms with Crippen molar-refractivity contribution in [3.8, 4) is 5.75 Å². The van der Waals surface area contributed by atoms with Gasteiger partial charge in [-0.15, -0.1) is 0 Å². The molecule has 0 amide bonds. The summed E-state index contributed by atoms with van der Waals surface area (Å²) in [5.41, 5.74) is 0.197. The molecule has 0 radical (unpaired) electrons. The Balaban J connectivity index is 2.58. The molecule has 0 fully saturated rings. The van der Waals surface area contributed by atoms with E-state index in [0.717, 1.165) is 11.5 Å². The smallest absolute Gasteiger partial charge is 0.119 e. The van der Waals surface area contributed by atoms with Crippen molar-refractivity contribution in [3.05, 3.63) is 30.5 Å². The van der Waals surface area contributed by atoms with Crippen LogP contribution in [0.5, 0.6) is 5.75 Å². The molecular formula is C14H20N2O. The van der Waals surface area contributed by atoms with Crippen LogP contribution < -0.4 is 4.74 Å². The first kappa shape index (κ1) is 4.02. The molecule has 0 aliphatic rings. The van der Waals surface area contributed by atoms with E-state index in [0.29, 0.717) is 5.39 Å². The van der Waals surface area contributed by atoms with Gasteiger partial charge in [0.2, 0.25) is 0 Å². The molecule has 17 heavy (non-hydrogen) atoms. The maximum absolute atomic E-state index is 8.44. The summed E-state index contributed by atoms with van der Waals surface area (Å²) in [7, 11) is -2.68. The molecule has 0 unspecified atom stereocenters. The van der Waals surface area contributed by atoms with Crippen molar-refractivity contribution in [2.45, 2.75) is 19.4 Å². The lowest BCUT2D eigenvalue weighted by Gasteiger charge is -2.20. The van der Waals surface area contributed by atoms with Gasteiger partial charge in [0.05, 0.1) is 13.9 Å². The van der Waals surface area contributed by atoms with Crippen LogP contribution in [0.4, 0.5) is 0 Å². The van der Waals surface area contributed by atoms with Crippen LogP contribution in [0, 0.1) is 0 Å². The Labute approximate surface area is 119 Å². The Morgan fingerprint density at radius 3 is 3.18 bits per heavy atom. The third kappa shape index (κ3) is 2.44. The fourth-order valence-electron chi connectivity index (χ4n) is 1.51. The molecular weight excluding hydrogens is 212 g/mol. The zero-order valence-corrected chi connectivity index (χ0v) is 9.19. The maximum atomic E-state index is 8.44. The minimum Gasteiger partial charge on any atom is -0.497 e. The second-order valence-electron chi connectivity index (χ2n) is 3.54. The first-order valence-corrected chi connectivity index (χ1v) is 4.89. The molecule has 3 heteroatoms. The van der Waals surface area contributed by atoms with Crippen molar-refractivity contribution in [3.63, 3.8) is 0 Å². The number of rotatable bonds is 4. The SMILES string of the molecule is [2H]C([2H])([2H])Oc1ccc2c(ccn2C([2H])([2H])[C@@]([2H])(C)N(C([2H])([2H])[2H])C([2H])([2H])[2H])c1. The van der Waals surface area contributed by atoms with Gasteiger partial charge in [-0.05, 0) is 45.1 Å². The van der Waals surface area contributed by atoms with E-state index in [-0.39, 0.29) is 16.2 Å². The Kier molecular flexibility index (Phi) is 1.14. The van der Waals surface area contributed by atoms with Gasteiger partial charge in [0, 0.05) is 39.2 Å². The topological polar surface area (TPSA) is 17.4 Å². The average Bonchev–Trinajstić information content (AvgIpc) is 2.84. The van der Waals surface area contributed by atoms with Crippen LogP contribution in [-0.4, -0.2) is 36.5 Å². The number of ether oxygens (including phenoxy) is 1. The molecule has 0 aliphatic heterocycles. The summed E-state index contributed by atoms with van der Waals surface area (Å²) < 4.78 is 97.5. The van der Waals surface area contributed by atoms with Crippen molar-refractivity contribution in [2.75, 3.05) is 21.0 Å². The lowest BCUT2D eigenvalue weighted by Crippen LogP contribution is -2.28. The summed E-state index contributed by atoms with van der Waals surface area (Å²) in [4.78, 5) is -0.120. The molecule has 0 N–H and O–H groups in total. The quantitative estimate of drug-likeness (QED) is 0.822. The number of likely N-dealkylation sites (N-methyl/N-ethyl adjacent to an activating group) is 1. The van der Waals surface area contributed by atoms with Crippen LogP contribution in [0.25, 0.3) is 10.9 Å². The highest BCUT2D eigenvalue weighted by Gasteiger charge is 2.08. The van der Waals surface area contributed by atoms with Gasteiger partial charge in [0.25, 0.3) is 0 Å². The van der Waals surface area contributed by atoms with E-state index < -0.39 is 33.5 Å². The highest BCUT2D eigenvalue weighted by atomic mass is 16.5. The van der Waals surface area contributed by atoms with Crippen molar-refractivity contribution >= 4 is 10.9 Å². The van der Waals surface area contributed by atoms with Crippen LogP contribution in [0.15, 0.2) is 30.5 Å². The Morgan fingerprint density at radius 2 is 2.41 bits per heavy atom. The first-order chi connectivity index (χ1) is 12.8. The molecule has 2 aromatic rings. The molecule has 2 rings (SSSR count). The largest absolute Gasteiger partial charge is 0.497 e. The van der Waals surface area contributed by atoms with Crippen LogP contribution in [0.1, 0.15) is 23.4 Å². The second-order valence-corrected chi connectivity index (χ2v) is 3.54. The molecule has 0 spiro atoms. The van der Waals surface area contributed by atoms with Crippen molar-refractivity contribution in [2.24, 2.45) is 0 Å². The van der Waals surface area contributed by atoms with E-state index in [2.05, 4.69) is 0 Å². The number of nitrogens with zero attached hydrogens (tertiary/aromatic N) is 2. The minimum absolute atomic E-state index is 0.0102. The van der Waals surface area contributed by atoms with Gasteiger partial charge >= 0.3 is 0 Å². The van der Waals surface area contributed by atoms with E-state index in [1.54, 1.807) is 0 Å². The monoisotopic (exact) mass is 244 g/mol. The molecule has 1 aromatic carbocycles. The lowest BCUT2D eigenvalue weighted by atomic mass is 10.2. The number of benzene rings is 1. The van der Waals surface area contributed by atoms with Crippen molar-refractivity contribution in [1.82, 2.24) is 9.47 Å². The summed E-state index contributed by atoms with van der Waals surface area (Å²) in [6.07, 6.45) is 1.23. The van der Waals surface area contributed by atoms with Crippen LogP contribution in [0.3, 0.4) is 0 Å². The Hall–Kier alpha value is -1.48.